The third-order valence-electron chi connectivity index (χ3n) is 2.84. The van der Waals surface area contributed by atoms with E-state index in [4.69, 9.17) is 0 Å². The van der Waals surface area contributed by atoms with Gasteiger partial charge in [0.05, 0.1) is 12.7 Å². The normalized spacial score (nSPS) is 10.2. The summed E-state index contributed by atoms with van der Waals surface area (Å²) in [5.74, 6) is 0.206. The number of methoxy groups -OCH3 is 1. The van der Waals surface area contributed by atoms with Crippen molar-refractivity contribution in [2.45, 2.75) is 26.8 Å². The molecule has 1 aromatic carbocycles. The van der Waals surface area contributed by atoms with Crippen LogP contribution in [0.15, 0.2) is 24.3 Å². The summed E-state index contributed by atoms with van der Waals surface area (Å²) in [6, 6.07) is 6.77. The number of urea groups is 1. The van der Waals surface area contributed by atoms with Crippen LogP contribution >= 0.6 is 0 Å². The minimum atomic E-state index is -0.365. The summed E-state index contributed by atoms with van der Waals surface area (Å²) in [5.41, 5.74) is 1.43. The Labute approximate surface area is 119 Å². The van der Waals surface area contributed by atoms with E-state index in [2.05, 4.69) is 29.2 Å². The third kappa shape index (κ3) is 5.73. The SMILES string of the molecule is COC(=O)c1ccc(CNC(=O)NCCC(C)C)cc1. The van der Waals surface area contributed by atoms with Crippen molar-refractivity contribution in [3.63, 3.8) is 0 Å². The topological polar surface area (TPSA) is 67.4 Å². The van der Waals surface area contributed by atoms with Gasteiger partial charge in [0.2, 0.25) is 0 Å². The lowest BCUT2D eigenvalue weighted by molar-refractivity contribution is 0.0600. The van der Waals surface area contributed by atoms with Gasteiger partial charge in [0.1, 0.15) is 0 Å². The standard InChI is InChI=1S/C15H22N2O3/c1-11(2)8-9-16-15(19)17-10-12-4-6-13(7-5-12)14(18)20-3/h4-7,11H,8-10H2,1-3H3,(H2,16,17,19). The molecule has 5 nitrogen and oxygen atoms in total. The fourth-order valence-electron chi connectivity index (χ4n) is 1.60. The zero-order chi connectivity index (χ0) is 15.0. The van der Waals surface area contributed by atoms with Crippen molar-refractivity contribution >= 4 is 12.0 Å². The highest BCUT2D eigenvalue weighted by Gasteiger charge is 2.05. The van der Waals surface area contributed by atoms with Crippen LogP contribution in [0.1, 0.15) is 36.2 Å². The Kier molecular flexibility index (Phi) is 6.56. The van der Waals surface area contributed by atoms with Crippen molar-refractivity contribution in [2.24, 2.45) is 5.92 Å². The highest BCUT2D eigenvalue weighted by molar-refractivity contribution is 5.89. The van der Waals surface area contributed by atoms with Crippen molar-refractivity contribution in [3.05, 3.63) is 35.4 Å². The Bertz CT molecular complexity index is 441. The predicted octanol–water partition coefficient (Wildman–Crippen LogP) is 2.32. The number of carbonyl (C=O) groups is 2. The minimum Gasteiger partial charge on any atom is -0.465 e. The lowest BCUT2D eigenvalue weighted by atomic mass is 10.1. The van der Waals surface area contributed by atoms with E-state index in [9.17, 15) is 9.59 Å². The van der Waals surface area contributed by atoms with Crippen molar-refractivity contribution < 1.29 is 14.3 Å². The molecule has 0 aromatic heterocycles. The molecule has 20 heavy (non-hydrogen) atoms. The van der Waals surface area contributed by atoms with Crippen molar-refractivity contribution in [3.8, 4) is 0 Å². The van der Waals surface area contributed by atoms with Crippen LogP contribution in [-0.2, 0) is 11.3 Å². The van der Waals surface area contributed by atoms with Gasteiger partial charge in [-0.15, -0.1) is 0 Å². The molecule has 1 aromatic rings. The first kappa shape index (κ1) is 16.0. The smallest absolute Gasteiger partial charge is 0.337 e. The van der Waals surface area contributed by atoms with Crippen molar-refractivity contribution in [1.29, 1.82) is 0 Å². The Balaban J connectivity index is 2.34. The van der Waals surface area contributed by atoms with Crippen LogP contribution in [0.25, 0.3) is 0 Å². The molecular weight excluding hydrogens is 256 g/mol. The maximum atomic E-state index is 11.5. The van der Waals surface area contributed by atoms with Crippen LogP contribution < -0.4 is 10.6 Å². The van der Waals surface area contributed by atoms with Gasteiger partial charge in [0.25, 0.3) is 0 Å². The Morgan fingerprint density at radius 3 is 2.35 bits per heavy atom. The number of hydrogen-bond donors (Lipinski definition) is 2. The monoisotopic (exact) mass is 278 g/mol. The maximum absolute atomic E-state index is 11.5. The molecule has 0 aliphatic heterocycles. The number of rotatable bonds is 6. The molecule has 0 aliphatic rings. The van der Waals surface area contributed by atoms with Gasteiger partial charge in [-0.25, -0.2) is 9.59 Å². The number of ether oxygens (including phenoxy) is 1. The molecule has 5 heteroatoms. The van der Waals surface area contributed by atoms with E-state index in [1.807, 2.05) is 0 Å². The van der Waals surface area contributed by atoms with Gasteiger partial charge in [-0.3, -0.25) is 0 Å². The van der Waals surface area contributed by atoms with Gasteiger partial charge in [-0.05, 0) is 30.0 Å². The molecule has 0 fully saturated rings. The van der Waals surface area contributed by atoms with Gasteiger partial charge in [-0.2, -0.15) is 0 Å². The van der Waals surface area contributed by atoms with Crippen LogP contribution in [0.4, 0.5) is 4.79 Å². The lowest BCUT2D eigenvalue weighted by Gasteiger charge is -2.09. The summed E-state index contributed by atoms with van der Waals surface area (Å²) < 4.78 is 4.62. The summed E-state index contributed by atoms with van der Waals surface area (Å²) in [5, 5.41) is 5.57. The molecule has 2 N–H and O–H groups in total. The van der Waals surface area contributed by atoms with Crippen LogP contribution in [0.2, 0.25) is 0 Å². The Morgan fingerprint density at radius 2 is 1.80 bits per heavy atom. The van der Waals surface area contributed by atoms with Gasteiger partial charge < -0.3 is 15.4 Å². The number of nitrogens with one attached hydrogen (secondary N) is 2. The van der Waals surface area contributed by atoms with Gasteiger partial charge in [0, 0.05) is 13.1 Å². The summed E-state index contributed by atoms with van der Waals surface area (Å²) in [7, 11) is 1.35. The highest BCUT2D eigenvalue weighted by atomic mass is 16.5. The molecule has 0 atom stereocenters. The molecule has 0 saturated heterocycles. The minimum absolute atomic E-state index is 0.178. The van der Waals surface area contributed by atoms with Gasteiger partial charge >= 0.3 is 12.0 Å². The number of amides is 2. The Morgan fingerprint density at radius 1 is 1.15 bits per heavy atom. The van der Waals surface area contributed by atoms with E-state index in [0.29, 0.717) is 24.6 Å². The lowest BCUT2D eigenvalue weighted by Crippen LogP contribution is -2.35. The molecule has 0 saturated carbocycles. The fraction of sp³-hybridized carbons (Fsp3) is 0.467. The van der Waals surface area contributed by atoms with Crippen molar-refractivity contribution in [1.82, 2.24) is 10.6 Å². The van der Waals surface area contributed by atoms with E-state index in [0.717, 1.165) is 12.0 Å². The third-order valence-corrected chi connectivity index (χ3v) is 2.84. The van der Waals surface area contributed by atoms with E-state index in [1.54, 1.807) is 24.3 Å². The van der Waals surface area contributed by atoms with Crippen LogP contribution in [0, 0.1) is 5.92 Å². The predicted molar refractivity (Wildman–Crippen MR) is 77.5 cm³/mol. The second-order valence-electron chi connectivity index (χ2n) is 4.98. The molecule has 0 radical (unpaired) electrons. The first-order valence-electron chi connectivity index (χ1n) is 6.72. The molecule has 0 heterocycles. The summed E-state index contributed by atoms with van der Waals surface area (Å²) in [6.45, 7) is 5.32. The number of carbonyl (C=O) groups excluding carboxylic acids is 2. The van der Waals surface area contributed by atoms with Crippen molar-refractivity contribution in [2.75, 3.05) is 13.7 Å². The van der Waals surface area contributed by atoms with E-state index < -0.39 is 0 Å². The molecule has 1 rings (SSSR count). The molecule has 0 spiro atoms. The summed E-state index contributed by atoms with van der Waals surface area (Å²) in [6.07, 6.45) is 0.960. The molecule has 0 bridgehead atoms. The number of esters is 1. The second-order valence-corrected chi connectivity index (χ2v) is 4.98. The second kappa shape index (κ2) is 8.19. The number of benzene rings is 1. The molecule has 0 aliphatic carbocycles. The van der Waals surface area contributed by atoms with Gasteiger partial charge in [-0.1, -0.05) is 26.0 Å². The van der Waals surface area contributed by atoms with Gasteiger partial charge in [0.15, 0.2) is 0 Å². The van der Waals surface area contributed by atoms with Crippen LogP contribution in [-0.4, -0.2) is 25.7 Å². The largest absolute Gasteiger partial charge is 0.465 e. The average molecular weight is 278 g/mol. The highest BCUT2D eigenvalue weighted by Crippen LogP contribution is 2.05. The van der Waals surface area contributed by atoms with E-state index in [1.165, 1.54) is 7.11 Å². The Hall–Kier alpha value is -2.04. The quantitative estimate of drug-likeness (QED) is 0.785. The fourth-order valence-corrected chi connectivity index (χ4v) is 1.60. The zero-order valence-electron chi connectivity index (χ0n) is 12.2. The summed E-state index contributed by atoms with van der Waals surface area (Å²) >= 11 is 0. The molecule has 0 unspecified atom stereocenters. The molecular formula is C15H22N2O3. The van der Waals surface area contributed by atoms with Crippen LogP contribution in [0.5, 0.6) is 0 Å². The maximum Gasteiger partial charge on any atom is 0.337 e. The summed E-state index contributed by atoms with van der Waals surface area (Å²) in [4.78, 5) is 22.8. The average Bonchev–Trinajstić information content (AvgIpc) is 2.44. The number of hydrogen-bond acceptors (Lipinski definition) is 3. The van der Waals surface area contributed by atoms with E-state index >= 15 is 0 Å². The zero-order valence-corrected chi connectivity index (χ0v) is 12.2. The first-order chi connectivity index (χ1) is 9.52. The van der Waals surface area contributed by atoms with Crippen LogP contribution in [0.3, 0.4) is 0 Å². The van der Waals surface area contributed by atoms with E-state index in [-0.39, 0.29) is 12.0 Å². The molecule has 110 valence electrons. The molecule has 2 amide bonds. The first-order valence-corrected chi connectivity index (χ1v) is 6.72.